The second-order valence-corrected chi connectivity index (χ2v) is 6.04. The fourth-order valence-corrected chi connectivity index (χ4v) is 3.21. The zero-order valence-electron chi connectivity index (χ0n) is 12.5. The lowest BCUT2D eigenvalue weighted by Crippen LogP contribution is -2.40. The third kappa shape index (κ3) is 2.69. The maximum absolute atomic E-state index is 14.3. The molecular formula is C16H17F2N3O2. The minimum Gasteiger partial charge on any atom is -0.381 e. The molecule has 0 spiro atoms. The van der Waals surface area contributed by atoms with Crippen LogP contribution in [0.3, 0.4) is 0 Å². The summed E-state index contributed by atoms with van der Waals surface area (Å²) in [4.78, 5) is 5.81. The average Bonchev–Trinajstić information content (AvgIpc) is 3.05. The van der Waals surface area contributed by atoms with Crippen LogP contribution < -0.4 is 4.90 Å². The predicted molar refractivity (Wildman–Crippen MR) is 78.5 cm³/mol. The summed E-state index contributed by atoms with van der Waals surface area (Å²) < 4.78 is 39.3. The van der Waals surface area contributed by atoms with Gasteiger partial charge in [-0.2, -0.15) is 13.8 Å². The number of hydrogen-bond acceptors (Lipinski definition) is 5. The van der Waals surface area contributed by atoms with E-state index < -0.39 is 12.5 Å². The summed E-state index contributed by atoms with van der Waals surface area (Å²) in [5.41, 5.74) is 0.676. The fraction of sp³-hybridized carbons (Fsp3) is 0.500. The molecule has 1 aromatic heterocycles. The van der Waals surface area contributed by atoms with Gasteiger partial charge in [0.05, 0.1) is 6.54 Å². The van der Waals surface area contributed by atoms with Crippen molar-refractivity contribution in [2.45, 2.75) is 31.2 Å². The Hall–Kier alpha value is -2.02. The summed E-state index contributed by atoms with van der Waals surface area (Å²) in [6.45, 7) is 1.24. The van der Waals surface area contributed by atoms with Crippen LogP contribution in [0.1, 0.15) is 35.7 Å². The van der Waals surface area contributed by atoms with Gasteiger partial charge in [-0.05, 0) is 18.4 Å². The van der Waals surface area contributed by atoms with E-state index in [4.69, 9.17) is 9.26 Å². The Bertz CT molecular complexity index is 698. The van der Waals surface area contributed by atoms with Gasteiger partial charge in [-0.1, -0.05) is 29.4 Å². The van der Waals surface area contributed by atoms with Crippen LogP contribution in [0.25, 0.3) is 0 Å². The van der Waals surface area contributed by atoms with Crippen LogP contribution in [0.4, 0.5) is 14.8 Å². The molecule has 2 aromatic rings. The number of rotatable bonds is 2. The highest BCUT2D eigenvalue weighted by Gasteiger charge is 2.41. The van der Waals surface area contributed by atoms with E-state index in [1.165, 1.54) is 11.0 Å². The first kappa shape index (κ1) is 14.6. The second kappa shape index (κ2) is 5.56. The van der Waals surface area contributed by atoms with Gasteiger partial charge < -0.3 is 14.2 Å². The molecule has 4 rings (SSSR count). The van der Waals surface area contributed by atoms with E-state index in [2.05, 4.69) is 10.1 Å². The topological polar surface area (TPSA) is 51.4 Å². The van der Waals surface area contributed by atoms with E-state index >= 15 is 0 Å². The van der Waals surface area contributed by atoms with Crippen LogP contribution in [0, 0.1) is 0 Å². The molecule has 0 saturated carbocycles. The Labute approximate surface area is 132 Å². The quantitative estimate of drug-likeness (QED) is 0.851. The Morgan fingerprint density at radius 2 is 1.96 bits per heavy atom. The van der Waals surface area contributed by atoms with Crippen molar-refractivity contribution >= 4 is 6.01 Å². The highest BCUT2D eigenvalue weighted by atomic mass is 19.3. The van der Waals surface area contributed by atoms with Crippen molar-refractivity contribution in [1.82, 2.24) is 10.1 Å². The molecule has 3 heterocycles. The number of nitrogens with zero attached hydrogens (tertiary/aromatic N) is 3. The van der Waals surface area contributed by atoms with Crippen molar-refractivity contribution in [3.8, 4) is 0 Å². The maximum Gasteiger partial charge on any atom is 0.324 e. The molecule has 7 heteroatoms. The second-order valence-electron chi connectivity index (χ2n) is 6.04. The highest BCUT2D eigenvalue weighted by Crippen LogP contribution is 2.38. The van der Waals surface area contributed by atoms with E-state index in [0.717, 1.165) is 12.8 Å². The van der Waals surface area contributed by atoms with Gasteiger partial charge in [0.25, 0.3) is 5.92 Å². The molecule has 2 aliphatic rings. The van der Waals surface area contributed by atoms with E-state index in [1.54, 1.807) is 18.2 Å². The van der Waals surface area contributed by atoms with Gasteiger partial charge in [-0.3, -0.25) is 0 Å². The van der Waals surface area contributed by atoms with Crippen LogP contribution >= 0.6 is 0 Å². The van der Waals surface area contributed by atoms with Crippen molar-refractivity contribution in [1.29, 1.82) is 0 Å². The first-order chi connectivity index (χ1) is 11.1. The zero-order chi connectivity index (χ0) is 15.9. The van der Waals surface area contributed by atoms with Crippen LogP contribution in [0.2, 0.25) is 0 Å². The predicted octanol–water partition coefficient (Wildman–Crippen LogP) is 3.08. The van der Waals surface area contributed by atoms with Gasteiger partial charge >= 0.3 is 6.01 Å². The lowest BCUT2D eigenvalue weighted by molar-refractivity contribution is -0.00373. The Morgan fingerprint density at radius 1 is 1.17 bits per heavy atom. The molecule has 0 atom stereocenters. The minimum atomic E-state index is -2.93. The average molecular weight is 321 g/mol. The van der Waals surface area contributed by atoms with E-state index in [1.807, 2.05) is 0 Å². The molecule has 0 aliphatic carbocycles. The van der Waals surface area contributed by atoms with Crippen molar-refractivity contribution in [3.05, 3.63) is 41.2 Å². The molecule has 1 fully saturated rings. The first-order valence-electron chi connectivity index (χ1n) is 7.76. The van der Waals surface area contributed by atoms with Gasteiger partial charge in [0, 0.05) is 31.2 Å². The number of benzene rings is 1. The number of ether oxygens (including phenoxy) is 1. The lowest BCUT2D eigenvalue weighted by atomic mass is 9.97. The van der Waals surface area contributed by atoms with E-state index in [-0.39, 0.29) is 17.5 Å². The molecule has 122 valence electrons. The van der Waals surface area contributed by atoms with Gasteiger partial charge in [0.1, 0.15) is 0 Å². The van der Waals surface area contributed by atoms with E-state index in [0.29, 0.717) is 31.1 Å². The lowest BCUT2D eigenvalue weighted by Gasteiger charge is -2.33. The summed E-state index contributed by atoms with van der Waals surface area (Å²) in [6.07, 6.45) is 1.66. The van der Waals surface area contributed by atoms with Gasteiger partial charge in [0.2, 0.25) is 0 Å². The smallest absolute Gasteiger partial charge is 0.324 e. The third-order valence-electron chi connectivity index (χ3n) is 4.45. The van der Waals surface area contributed by atoms with Gasteiger partial charge in [0.15, 0.2) is 5.82 Å². The molecule has 23 heavy (non-hydrogen) atoms. The molecule has 0 radical (unpaired) electrons. The highest BCUT2D eigenvalue weighted by molar-refractivity contribution is 5.41. The van der Waals surface area contributed by atoms with Crippen LogP contribution in [0.15, 0.2) is 28.8 Å². The fourth-order valence-electron chi connectivity index (χ4n) is 3.21. The number of aromatic nitrogens is 2. The standard InChI is InChI=1S/C16H17F2N3O2/c17-16(18)10-21(9-12-3-1-2-4-13(12)16)15-19-14(20-23-15)11-5-7-22-8-6-11/h1-4,11H,5-10H2. The Balaban J connectivity index is 1.59. The van der Waals surface area contributed by atoms with E-state index in [9.17, 15) is 8.78 Å². The Kier molecular flexibility index (Phi) is 3.52. The van der Waals surface area contributed by atoms with Crippen molar-refractivity contribution in [2.75, 3.05) is 24.7 Å². The summed E-state index contributed by atoms with van der Waals surface area (Å²) in [7, 11) is 0. The molecule has 0 bridgehead atoms. The van der Waals surface area contributed by atoms with Crippen LogP contribution in [0.5, 0.6) is 0 Å². The first-order valence-corrected chi connectivity index (χ1v) is 7.76. The molecule has 2 aliphatic heterocycles. The zero-order valence-corrected chi connectivity index (χ0v) is 12.5. The molecule has 1 aromatic carbocycles. The summed E-state index contributed by atoms with van der Waals surface area (Å²) >= 11 is 0. The minimum absolute atomic E-state index is 0.0837. The molecule has 0 amide bonds. The molecule has 5 nitrogen and oxygen atoms in total. The maximum atomic E-state index is 14.3. The van der Waals surface area contributed by atoms with Gasteiger partial charge in [-0.25, -0.2) is 0 Å². The van der Waals surface area contributed by atoms with Crippen LogP contribution in [-0.4, -0.2) is 29.9 Å². The number of halogens is 2. The van der Waals surface area contributed by atoms with Crippen molar-refractivity contribution in [2.24, 2.45) is 0 Å². The number of hydrogen-bond donors (Lipinski definition) is 0. The summed E-state index contributed by atoms with van der Waals surface area (Å²) in [5.74, 6) is -2.16. The number of anilines is 1. The SMILES string of the molecule is FC1(F)CN(c2nc(C3CCOCC3)no2)Cc2ccccc21. The van der Waals surface area contributed by atoms with Crippen LogP contribution in [-0.2, 0) is 17.2 Å². The molecule has 0 unspecified atom stereocenters. The van der Waals surface area contributed by atoms with Crippen molar-refractivity contribution < 1.29 is 18.0 Å². The Morgan fingerprint density at radius 3 is 2.78 bits per heavy atom. The molecule has 0 N–H and O–H groups in total. The largest absolute Gasteiger partial charge is 0.381 e. The monoisotopic (exact) mass is 321 g/mol. The van der Waals surface area contributed by atoms with Gasteiger partial charge in [-0.15, -0.1) is 0 Å². The number of fused-ring (bicyclic) bond motifs is 1. The number of alkyl halides is 2. The summed E-state index contributed by atoms with van der Waals surface area (Å²) in [5, 5.41) is 3.99. The molecular weight excluding hydrogens is 304 g/mol. The summed E-state index contributed by atoms with van der Waals surface area (Å²) in [6, 6.07) is 6.76. The molecule has 1 saturated heterocycles. The third-order valence-corrected chi connectivity index (χ3v) is 4.45. The van der Waals surface area contributed by atoms with Crippen molar-refractivity contribution in [3.63, 3.8) is 0 Å². The normalized spacial score (nSPS) is 21.2.